The quantitative estimate of drug-likeness (QED) is 0.217. The van der Waals surface area contributed by atoms with Gasteiger partial charge in [-0.3, -0.25) is 4.79 Å². The lowest BCUT2D eigenvalue weighted by molar-refractivity contribution is -0.198. The van der Waals surface area contributed by atoms with Crippen LogP contribution < -0.4 is 10.8 Å². The molecule has 2 aliphatic rings. The predicted molar refractivity (Wildman–Crippen MR) is 134 cm³/mol. The molecule has 0 spiro atoms. The molecule has 1 aliphatic heterocycles. The van der Waals surface area contributed by atoms with E-state index >= 15 is 0 Å². The standard InChI is InChI=1S/C28H28F6N2O5/c29-27(30,31)20-14-18(15-21(16-20)28(32,33)34)10-12-40-26(38)35-23-8-6-19-13-17(4-7-22(19)23)5-9-24(37)36-41-25-3-1-2-11-39-25/h4-5,7,9,13-16,23,25H,1-3,6,8,10-12H2,(H,35,38)(H,36,37)/b9-5+. The Morgan fingerprint density at radius 1 is 0.976 bits per heavy atom. The zero-order chi connectivity index (χ0) is 29.6. The highest BCUT2D eigenvalue weighted by Crippen LogP contribution is 2.36. The second kappa shape index (κ2) is 12.9. The van der Waals surface area contributed by atoms with Crippen molar-refractivity contribution >= 4 is 18.1 Å². The van der Waals surface area contributed by atoms with Gasteiger partial charge in [0, 0.05) is 25.5 Å². The molecule has 1 saturated heterocycles. The van der Waals surface area contributed by atoms with Gasteiger partial charge in [-0.25, -0.2) is 15.1 Å². The molecule has 2 aromatic rings. The van der Waals surface area contributed by atoms with Gasteiger partial charge in [-0.1, -0.05) is 18.2 Å². The van der Waals surface area contributed by atoms with Gasteiger partial charge in [-0.15, -0.1) is 0 Å². The van der Waals surface area contributed by atoms with Crippen LogP contribution in [0.4, 0.5) is 31.1 Å². The maximum atomic E-state index is 13.0. The Labute approximate surface area is 231 Å². The molecular formula is C28H28F6N2O5. The van der Waals surface area contributed by atoms with Crippen LogP contribution in [0.1, 0.15) is 65.1 Å². The molecule has 0 aromatic heterocycles. The number of carbonyl (C=O) groups is 2. The number of halogens is 6. The van der Waals surface area contributed by atoms with Gasteiger partial charge in [0.2, 0.25) is 0 Å². The van der Waals surface area contributed by atoms with Gasteiger partial charge in [0.25, 0.3) is 5.91 Å². The van der Waals surface area contributed by atoms with Crippen molar-refractivity contribution in [2.24, 2.45) is 0 Å². The molecule has 1 aliphatic carbocycles. The lowest BCUT2D eigenvalue weighted by atomic mass is 10.0. The zero-order valence-electron chi connectivity index (χ0n) is 21.7. The number of carbonyl (C=O) groups excluding carboxylic acids is 2. The highest BCUT2D eigenvalue weighted by Gasteiger charge is 2.37. The highest BCUT2D eigenvalue weighted by atomic mass is 19.4. The molecule has 0 radical (unpaired) electrons. The van der Waals surface area contributed by atoms with Gasteiger partial charge in [0.1, 0.15) is 0 Å². The zero-order valence-corrected chi connectivity index (χ0v) is 21.7. The van der Waals surface area contributed by atoms with Crippen LogP contribution in [0.3, 0.4) is 0 Å². The Morgan fingerprint density at radius 2 is 1.71 bits per heavy atom. The Balaban J connectivity index is 1.27. The molecule has 1 fully saturated rings. The van der Waals surface area contributed by atoms with Crippen molar-refractivity contribution in [3.05, 3.63) is 75.9 Å². The molecule has 2 atom stereocenters. The number of alkyl halides is 6. The Morgan fingerprint density at radius 3 is 2.37 bits per heavy atom. The summed E-state index contributed by atoms with van der Waals surface area (Å²) in [6, 6.07) is 6.34. The van der Waals surface area contributed by atoms with E-state index in [1.807, 2.05) is 6.07 Å². The molecule has 0 saturated carbocycles. The predicted octanol–water partition coefficient (Wildman–Crippen LogP) is 6.27. The summed E-state index contributed by atoms with van der Waals surface area (Å²) in [5.74, 6) is -0.443. The first-order chi connectivity index (χ1) is 19.4. The minimum Gasteiger partial charge on any atom is -0.449 e. The number of amides is 2. The van der Waals surface area contributed by atoms with E-state index in [2.05, 4.69) is 10.8 Å². The van der Waals surface area contributed by atoms with E-state index in [0.717, 1.165) is 29.5 Å². The number of rotatable bonds is 8. The van der Waals surface area contributed by atoms with Crippen LogP contribution in [0, 0.1) is 0 Å². The average Bonchev–Trinajstić information content (AvgIpc) is 3.32. The van der Waals surface area contributed by atoms with Gasteiger partial charge >= 0.3 is 18.4 Å². The molecular weight excluding hydrogens is 558 g/mol. The second-order valence-electron chi connectivity index (χ2n) is 9.71. The number of benzene rings is 2. The van der Waals surface area contributed by atoms with Crippen molar-refractivity contribution in [3.63, 3.8) is 0 Å². The van der Waals surface area contributed by atoms with Gasteiger partial charge in [0.15, 0.2) is 6.29 Å². The van der Waals surface area contributed by atoms with E-state index in [-0.39, 0.29) is 24.1 Å². The molecule has 2 amide bonds. The Kier molecular flexibility index (Phi) is 9.59. The van der Waals surface area contributed by atoms with E-state index in [9.17, 15) is 35.9 Å². The van der Waals surface area contributed by atoms with E-state index in [1.54, 1.807) is 18.2 Å². The van der Waals surface area contributed by atoms with Crippen LogP contribution in [0.2, 0.25) is 0 Å². The smallest absolute Gasteiger partial charge is 0.416 e. The summed E-state index contributed by atoms with van der Waals surface area (Å²) in [5, 5.41) is 2.68. The topological polar surface area (TPSA) is 85.9 Å². The number of hydroxylamine groups is 1. The number of aryl methyl sites for hydroxylation is 1. The first-order valence-electron chi connectivity index (χ1n) is 13.0. The summed E-state index contributed by atoms with van der Waals surface area (Å²) >= 11 is 0. The SMILES string of the molecule is O=C(/C=C/c1ccc2c(c1)CCC2NC(=O)OCCc1cc(C(F)(F)F)cc(C(F)(F)F)c1)NOC1CCCCO1. The molecule has 2 N–H and O–H groups in total. The number of hydrogen-bond donors (Lipinski definition) is 2. The number of fused-ring (bicyclic) bond motifs is 1. The lowest BCUT2D eigenvalue weighted by Gasteiger charge is -2.21. The molecule has 13 heteroatoms. The van der Waals surface area contributed by atoms with Gasteiger partial charge in [-0.2, -0.15) is 26.3 Å². The van der Waals surface area contributed by atoms with Crippen molar-refractivity contribution in [3.8, 4) is 0 Å². The van der Waals surface area contributed by atoms with Crippen LogP contribution in [-0.2, 0) is 44.3 Å². The fourth-order valence-electron chi connectivity index (χ4n) is 4.63. The number of alkyl carbamates (subject to hydrolysis) is 1. The van der Waals surface area contributed by atoms with E-state index in [4.69, 9.17) is 14.3 Å². The fourth-order valence-corrected chi connectivity index (χ4v) is 4.63. The summed E-state index contributed by atoms with van der Waals surface area (Å²) in [6.07, 6.45) is -4.76. The summed E-state index contributed by atoms with van der Waals surface area (Å²) in [6.45, 7) is 0.178. The maximum Gasteiger partial charge on any atom is 0.416 e. The minimum atomic E-state index is -4.95. The molecule has 0 bridgehead atoms. The third-order valence-corrected chi connectivity index (χ3v) is 6.66. The van der Waals surface area contributed by atoms with Crippen molar-refractivity contribution < 1.29 is 50.2 Å². The highest BCUT2D eigenvalue weighted by molar-refractivity contribution is 5.91. The summed E-state index contributed by atoms with van der Waals surface area (Å²) in [4.78, 5) is 29.6. The summed E-state index contributed by atoms with van der Waals surface area (Å²) in [7, 11) is 0. The molecule has 4 rings (SSSR count). The largest absolute Gasteiger partial charge is 0.449 e. The normalized spacial score (nSPS) is 19.2. The van der Waals surface area contributed by atoms with Crippen LogP contribution in [0.25, 0.3) is 6.08 Å². The molecule has 1 heterocycles. The van der Waals surface area contributed by atoms with Gasteiger partial charge in [0.05, 0.1) is 23.8 Å². The third kappa shape index (κ3) is 8.70. The van der Waals surface area contributed by atoms with Crippen LogP contribution in [0.5, 0.6) is 0 Å². The van der Waals surface area contributed by atoms with Crippen LogP contribution >= 0.6 is 0 Å². The van der Waals surface area contributed by atoms with Crippen LogP contribution in [-0.4, -0.2) is 31.5 Å². The van der Waals surface area contributed by atoms with Gasteiger partial charge in [-0.05, 0) is 72.2 Å². The minimum absolute atomic E-state index is 0.0482. The number of ether oxygens (including phenoxy) is 2. The number of nitrogens with one attached hydrogen (secondary N) is 2. The molecule has 2 aromatic carbocycles. The fraction of sp³-hybridized carbons (Fsp3) is 0.429. The monoisotopic (exact) mass is 586 g/mol. The first-order valence-corrected chi connectivity index (χ1v) is 13.0. The second-order valence-corrected chi connectivity index (χ2v) is 9.71. The third-order valence-electron chi connectivity index (χ3n) is 6.66. The molecule has 7 nitrogen and oxygen atoms in total. The maximum absolute atomic E-state index is 13.0. The Hall–Kier alpha value is -3.58. The van der Waals surface area contributed by atoms with Crippen molar-refractivity contribution in [1.29, 1.82) is 0 Å². The van der Waals surface area contributed by atoms with Gasteiger partial charge < -0.3 is 14.8 Å². The number of hydrogen-bond acceptors (Lipinski definition) is 5. The first kappa shape index (κ1) is 30.4. The lowest BCUT2D eigenvalue weighted by Crippen LogP contribution is -2.32. The molecule has 222 valence electrons. The van der Waals surface area contributed by atoms with E-state index in [0.29, 0.717) is 38.0 Å². The summed E-state index contributed by atoms with van der Waals surface area (Å²) < 4.78 is 88.7. The van der Waals surface area contributed by atoms with Crippen molar-refractivity contribution in [2.45, 2.75) is 63.2 Å². The summed E-state index contributed by atoms with van der Waals surface area (Å²) in [5.41, 5.74) is 1.79. The van der Waals surface area contributed by atoms with Crippen LogP contribution in [0.15, 0.2) is 42.5 Å². The van der Waals surface area contributed by atoms with E-state index in [1.165, 1.54) is 6.08 Å². The molecule has 41 heavy (non-hydrogen) atoms. The average molecular weight is 587 g/mol. The van der Waals surface area contributed by atoms with Crippen molar-refractivity contribution in [1.82, 2.24) is 10.8 Å². The Bertz CT molecular complexity index is 1240. The van der Waals surface area contributed by atoms with Crippen molar-refractivity contribution in [2.75, 3.05) is 13.2 Å². The molecule has 2 unspecified atom stereocenters. The van der Waals surface area contributed by atoms with E-state index < -0.39 is 48.4 Å².